The van der Waals surface area contributed by atoms with Crippen LogP contribution in [0.5, 0.6) is 0 Å². The normalized spacial score (nSPS) is 15.0. The maximum Gasteiger partial charge on any atom is 0.257 e. The fourth-order valence-corrected chi connectivity index (χ4v) is 2.53. The van der Waals surface area contributed by atoms with Crippen molar-refractivity contribution < 1.29 is 4.79 Å². The van der Waals surface area contributed by atoms with Gasteiger partial charge in [-0.05, 0) is 19.9 Å². The van der Waals surface area contributed by atoms with Crippen LogP contribution in [0.1, 0.15) is 21.9 Å². The summed E-state index contributed by atoms with van der Waals surface area (Å²) in [6.07, 6.45) is 5.08. The third kappa shape index (κ3) is 2.88. The van der Waals surface area contributed by atoms with Gasteiger partial charge >= 0.3 is 0 Å². The van der Waals surface area contributed by atoms with Crippen molar-refractivity contribution >= 4 is 11.9 Å². The Balaban J connectivity index is 1.67. The number of hydrogen-bond acceptors (Lipinski definition) is 6. The molecular weight excluding hydrogens is 280 g/mol. The van der Waals surface area contributed by atoms with Gasteiger partial charge in [0, 0.05) is 44.8 Å². The zero-order valence-corrected chi connectivity index (χ0v) is 12.7. The van der Waals surface area contributed by atoms with E-state index >= 15 is 0 Å². The number of carbonyl (C=O) groups is 1. The summed E-state index contributed by atoms with van der Waals surface area (Å²) < 4.78 is 0. The number of carbonyl (C=O) groups excluding carboxylic acids is 1. The Hall–Kier alpha value is -2.57. The smallest absolute Gasteiger partial charge is 0.257 e. The maximum absolute atomic E-state index is 12.6. The van der Waals surface area contributed by atoms with E-state index in [1.165, 1.54) is 0 Å². The van der Waals surface area contributed by atoms with Crippen molar-refractivity contribution in [1.29, 1.82) is 0 Å². The van der Waals surface area contributed by atoms with E-state index in [4.69, 9.17) is 0 Å². The predicted octanol–water partition coefficient (Wildman–Crippen LogP) is 0.846. The second kappa shape index (κ2) is 6.05. The molecule has 7 nitrogen and oxygen atoms in total. The van der Waals surface area contributed by atoms with Crippen molar-refractivity contribution in [1.82, 2.24) is 24.8 Å². The Kier molecular flexibility index (Phi) is 3.95. The van der Waals surface area contributed by atoms with Crippen LogP contribution in [-0.2, 0) is 0 Å². The molecule has 0 bridgehead atoms. The molecule has 0 spiro atoms. The van der Waals surface area contributed by atoms with Gasteiger partial charge in [-0.15, -0.1) is 0 Å². The van der Waals surface area contributed by atoms with Gasteiger partial charge in [0.2, 0.25) is 5.95 Å². The van der Waals surface area contributed by atoms with Crippen molar-refractivity contribution in [2.45, 2.75) is 13.8 Å². The molecule has 1 aliphatic heterocycles. The minimum Gasteiger partial charge on any atom is -0.337 e. The summed E-state index contributed by atoms with van der Waals surface area (Å²) in [5, 5.41) is 0. The average Bonchev–Trinajstić information content (AvgIpc) is 2.55. The number of rotatable bonds is 2. The molecule has 0 aromatic carbocycles. The van der Waals surface area contributed by atoms with E-state index in [0.29, 0.717) is 30.4 Å². The highest BCUT2D eigenvalue weighted by atomic mass is 16.2. The first-order valence-corrected chi connectivity index (χ1v) is 7.26. The molecule has 0 saturated carbocycles. The van der Waals surface area contributed by atoms with Gasteiger partial charge in [-0.25, -0.2) is 19.9 Å². The van der Waals surface area contributed by atoms with Gasteiger partial charge in [0.25, 0.3) is 5.91 Å². The number of amides is 1. The molecule has 1 aliphatic rings. The first-order chi connectivity index (χ1) is 10.6. The molecule has 3 rings (SSSR count). The molecular formula is C15H18N6O. The SMILES string of the molecule is Cc1ncc(C(=O)N2CCN(c3ncccn3)CC2)c(C)n1. The molecule has 0 N–H and O–H groups in total. The zero-order valence-electron chi connectivity index (χ0n) is 12.7. The van der Waals surface area contributed by atoms with Gasteiger partial charge in [0.15, 0.2) is 0 Å². The second-order valence-electron chi connectivity index (χ2n) is 5.24. The summed E-state index contributed by atoms with van der Waals surface area (Å²) in [5.41, 5.74) is 1.31. The molecule has 114 valence electrons. The van der Waals surface area contributed by atoms with E-state index in [1.54, 1.807) is 24.7 Å². The van der Waals surface area contributed by atoms with Crippen LogP contribution in [0.2, 0.25) is 0 Å². The van der Waals surface area contributed by atoms with Crippen LogP contribution >= 0.6 is 0 Å². The Labute approximate surface area is 129 Å². The maximum atomic E-state index is 12.6. The lowest BCUT2D eigenvalue weighted by Gasteiger charge is -2.34. The van der Waals surface area contributed by atoms with Crippen LogP contribution in [-0.4, -0.2) is 56.9 Å². The molecule has 0 atom stereocenters. The highest BCUT2D eigenvalue weighted by molar-refractivity contribution is 5.95. The first-order valence-electron chi connectivity index (χ1n) is 7.26. The summed E-state index contributed by atoms with van der Waals surface area (Å²) in [4.78, 5) is 33.4. The van der Waals surface area contributed by atoms with Crippen LogP contribution in [0.25, 0.3) is 0 Å². The first kappa shape index (κ1) is 14.4. The molecule has 1 fully saturated rings. The average molecular weight is 298 g/mol. The number of piperazine rings is 1. The van der Waals surface area contributed by atoms with Crippen molar-refractivity contribution in [3.63, 3.8) is 0 Å². The molecule has 0 radical (unpaired) electrons. The monoisotopic (exact) mass is 298 g/mol. The Morgan fingerprint density at radius 1 is 1.05 bits per heavy atom. The van der Waals surface area contributed by atoms with Crippen molar-refractivity contribution in [3.05, 3.63) is 41.7 Å². The standard InChI is InChI=1S/C15H18N6O/c1-11-13(10-18-12(2)19-11)14(22)20-6-8-21(9-7-20)15-16-4-3-5-17-15/h3-5,10H,6-9H2,1-2H3. The summed E-state index contributed by atoms with van der Waals surface area (Å²) in [5.74, 6) is 1.38. The molecule has 22 heavy (non-hydrogen) atoms. The highest BCUT2D eigenvalue weighted by Crippen LogP contribution is 2.13. The van der Waals surface area contributed by atoms with E-state index in [0.717, 1.165) is 18.8 Å². The van der Waals surface area contributed by atoms with Crippen LogP contribution in [0.15, 0.2) is 24.7 Å². The predicted molar refractivity (Wildman–Crippen MR) is 81.7 cm³/mol. The molecule has 3 heterocycles. The van der Waals surface area contributed by atoms with E-state index in [2.05, 4.69) is 24.8 Å². The van der Waals surface area contributed by atoms with Gasteiger partial charge in [0.05, 0.1) is 11.3 Å². The quantitative estimate of drug-likeness (QED) is 0.818. The summed E-state index contributed by atoms with van der Waals surface area (Å²) >= 11 is 0. The number of hydrogen-bond donors (Lipinski definition) is 0. The molecule has 0 aliphatic carbocycles. The zero-order chi connectivity index (χ0) is 15.5. The lowest BCUT2D eigenvalue weighted by molar-refractivity contribution is 0.0744. The van der Waals surface area contributed by atoms with Crippen molar-refractivity contribution in [3.8, 4) is 0 Å². The summed E-state index contributed by atoms with van der Waals surface area (Å²) in [6.45, 7) is 6.40. The third-order valence-electron chi connectivity index (χ3n) is 3.73. The van der Waals surface area contributed by atoms with Gasteiger partial charge < -0.3 is 9.80 Å². The minimum atomic E-state index is -0.00821. The molecule has 0 unspecified atom stereocenters. The number of anilines is 1. The number of nitrogens with zero attached hydrogens (tertiary/aromatic N) is 6. The van der Waals surface area contributed by atoms with Crippen LogP contribution in [0.4, 0.5) is 5.95 Å². The third-order valence-corrected chi connectivity index (χ3v) is 3.73. The number of aromatic nitrogens is 4. The lowest BCUT2D eigenvalue weighted by Crippen LogP contribution is -2.49. The summed E-state index contributed by atoms with van der Waals surface area (Å²) in [6, 6.07) is 1.80. The Bertz CT molecular complexity index is 667. The molecule has 2 aromatic rings. The van der Waals surface area contributed by atoms with E-state index < -0.39 is 0 Å². The van der Waals surface area contributed by atoms with Crippen molar-refractivity contribution in [2.24, 2.45) is 0 Å². The van der Waals surface area contributed by atoms with Crippen LogP contribution < -0.4 is 4.90 Å². The topological polar surface area (TPSA) is 75.1 Å². The van der Waals surface area contributed by atoms with Gasteiger partial charge in [-0.3, -0.25) is 4.79 Å². The second-order valence-corrected chi connectivity index (χ2v) is 5.24. The fourth-order valence-electron chi connectivity index (χ4n) is 2.53. The van der Waals surface area contributed by atoms with Gasteiger partial charge in [-0.2, -0.15) is 0 Å². The van der Waals surface area contributed by atoms with Crippen molar-refractivity contribution in [2.75, 3.05) is 31.1 Å². The molecule has 1 saturated heterocycles. The molecule has 1 amide bonds. The van der Waals surface area contributed by atoms with Gasteiger partial charge in [-0.1, -0.05) is 0 Å². The largest absolute Gasteiger partial charge is 0.337 e. The van der Waals surface area contributed by atoms with Crippen LogP contribution in [0, 0.1) is 13.8 Å². The summed E-state index contributed by atoms with van der Waals surface area (Å²) in [7, 11) is 0. The van der Waals surface area contributed by atoms with Gasteiger partial charge in [0.1, 0.15) is 5.82 Å². The van der Waals surface area contributed by atoms with E-state index in [1.807, 2.05) is 18.7 Å². The van der Waals surface area contributed by atoms with E-state index in [-0.39, 0.29) is 5.91 Å². The molecule has 7 heteroatoms. The Morgan fingerprint density at radius 3 is 2.36 bits per heavy atom. The number of aryl methyl sites for hydroxylation is 2. The lowest BCUT2D eigenvalue weighted by atomic mass is 10.2. The Morgan fingerprint density at radius 2 is 1.73 bits per heavy atom. The van der Waals surface area contributed by atoms with Crippen LogP contribution in [0.3, 0.4) is 0 Å². The fraction of sp³-hybridized carbons (Fsp3) is 0.400. The minimum absolute atomic E-state index is 0.00821. The molecule has 2 aromatic heterocycles. The highest BCUT2D eigenvalue weighted by Gasteiger charge is 2.24. The van der Waals surface area contributed by atoms with E-state index in [9.17, 15) is 4.79 Å².